The van der Waals surface area contributed by atoms with Gasteiger partial charge in [0.2, 0.25) is 0 Å². The van der Waals surface area contributed by atoms with Crippen molar-refractivity contribution in [2.24, 2.45) is 0 Å². The van der Waals surface area contributed by atoms with Gasteiger partial charge >= 0.3 is 12.0 Å². The normalized spacial score (nSPS) is 18.2. The van der Waals surface area contributed by atoms with Crippen LogP contribution in [0.4, 0.5) is 9.80 Å². The van der Waals surface area contributed by atoms with E-state index in [1.54, 1.807) is 4.90 Å². The van der Waals surface area contributed by atoms with Gasteiger partial charge in [-0.15, -0.1) is 11.3 Å². The summed E-state index contributed by atoms with van der Waals surface area (Å²) in [6, 6.07) is -0.142. The van der Waals surface area contributed by atoms with Gasteiger partial charge in [-0.25, -0.2) is 9.59 Å². The number of esters is 1. The number of fused-ring (bicyclic) bond motifs is 1. The Morgan fingerprint density at radius 3 is 2.95 bits per heavy atom. The highest BCUT2D eigenvalue weighted by molar-refractivity contribution is 7.17. The molecule has 0 saturated carbocycles. The summed E-state index contributed by atoms with van der Waals surface area (Å²) >= 11 is 1.51. The molecule has 3 heterocycles. The van der Waals surface area contributed by atoms with Crippen LogP contribution in [0.25, 0.3) is 0 Å². The zero-order chi connectivity index (χ0) is 13.4. The minimum atomic E-state index is -0.353. The molecule has 1 fully saturated rings. The number of carbonyl (C=O) groups is 2. The second-order valence-electron chi connectivity index (χ2n) is 4.49. The molecule has 7 heteroatoms. The Morgan fingerprint density at radius 1 is 1.42 bits per heavy atom. The number of hydrogen-bond donors (Lipinski definition) is 2. The molecule has 6 nitrogen and oxygen atoms in total. The number of thiophene rings is 1. The number of urea groups is 1. The van der Waals surface area contributed by atoms with E-state index in [9.17, 15) is 9.59 Å². The number of methoxy groups -OCH3 is 1. The fourth-order valence-electron chi connectivity index (χ4n) is 2.49. The smallest absolute Gasteiger partial charge is 0.341 e. The molecule has 2 N–H and O–H groups in total. The summed E-state index contributed by atoms with van der Waals surface area (Å²) in [5.74, 6) is -0.353. The molecule has 0 radical (unpaired) electrons. The maximum absolute atomic E-state index is 12.0. The lowest BCUT2D eigenvalue weighted by Crippen LogP contribution is -2.28. The fraction of sp³-hybridized carbons (Fsp3) is 0.500. The van der Waals surface area contributed by atoms with Crippen LogP contribution in [-0.2, 0) is 17.7 Å². The Hall–Kier alpha value is -1.60. The van der Waals surface area contributed by atoms with Crippen LogP contribution in [0.2, 0.25) is 0 Å². The van der Waals surface area contributed by atoms with Crippen LogP contribution in [0.1, 0.15) is 20.8 Å². The van der Waals surface area contributed by atoms with Crippen LogP contribution in [0, 0.1) is 0 Å². The predicted octanol–water partition coefficient (Wildman–Crippen LogP) is 0.710. The number of anilines is 1. The van der Waals surface area contributed by atoms with E-state index in [0.29, 0.717) is 18.7 Å². The van der Waals surface area contributed by atoms with Crippen molar-refractivity contribution >= 4 is 28.3 Å². The third-order valence-corrected chi connectivity index (χ3v) is 4.66. The number of ether oxygens (including phenoxy) is 1. The number of nitrogens with zero attached hydrogens (tertiary/aromatic N) is 1. The lowest BCUT2D eigenvalue weighted by Gasteiger charge is -2.15. The van der Waals surface area contributed by atoms with Crippen molar-refractivity contribution in [1.82, 2.24) is 10.6 Å². The second kappa shape index (κ2) is 4.82. The average Bonchev–Trinajstić information content (AvgIpc) is 3.00. The van der Waals surface area contributed by atoms with Crippen LogP contribution in [0.15, 0.2) is 0 Å². The van der Waals surface area contributed by atoms with Gasteiger partial charge in [-0.2, -0.15) is 0 Å². The molecule has 3 rings (SSSR count). The molecule has 19 heavy (non-hydrogen) atoms. The van der Waals surface area contributed by atoms with E-state index in [1.165, 1.54) is 18.4 Å². The van der Waals surface area contributed by atoms with Crippen molar-refractivity contribution in [1.29, 1.82) is 0 Å². The zero-order valence-electron chi connectivity index (χ0n) is 10.6. The first kappa shape index (κ1) is 12.4. The predicted molar refractivity (Wildman–Crippen MR) is 71.8 cm³/mol. The Labute approximate surface area is 114 Å². The maximum Gasteiger partial charge on any atom is 0.341 e. The molecule has 2 aliphatic heterocycles. The second-order valence-corrected chi connectivity index (χ2v) is 5.57. The molecule has 1 saturated heterocycles. The Kier molecular flexibility index (Phi) is 3.16. The van der Waals surface area contributed by atoms with Gasteiger partial charge in [0.1, 0.15) is 5.00 Å². The van der Waals surface area contributed by atoms with E-state index in [4.69, 9.17) is 4.74 Å². The fourth-order valence-corrected chi connectivity index (χ4v) is 3.82. The van der Waals surface area contributed by atoms with Crippen LogP contribution in [-0.4, -0.2) is 38.7 Å². The molecule has 1 aromatic rings. The van der Waals surface area contributed by atoms with E-state index in [1.807, 2.05) is 0 Å². The van der Waals surface area contributed by atoms with Crippen molar-refractivity contribution < 1.29 is 14.3 Å². The van der Waals surface area contributed by atoms with Crippen LogP contribution in [0.3, 0.4) is 0 Å². The largest absolute Gasteiger partial charge is 0.465 e. The summed E-state index contributed by atoms with van der Waals surface area (Å²) in [6.45, 7) is 2.80. The van der Waals surface area contributed by atoms with Crippen LogP contribution in [0.5, 0.6) is 0 Å². The standard InChI is InChI=1S/C12H15N3O3S/c1-18-11(16)9-7-2-3-13-6-8(7)19-10(9)15-5-4-14-12(15)17/h13H,2-6H2,1H3,(H,14,17). The molecule has 2 amide bonds. The molecule has 0 aliphatic carbocycles. The quantitative estimate of drug-likeness (QED) is 0.783. The number of hydrogen-bond acceptors (Lipinski definition) is 5. The molecule has 2 aliphatic rings. The molecular formula is C12H15N3O3S. The van der Waals surface area contributed by atoms with Gasteiger partial charge in [-0.05, 0) is 18.5 Å². The number of carbonyl (C=O) groups excluding carboxylic acids is 2. The van der Waals surface area contributed by atoms with Crippen molar-refractivity contribution in [3.8, 4) is 0 Å². The number of nitrogens with one attached hydrogen (secondary N) is 2. The third-order valence-electron chi connectivity index (χ3n) is 3.40. The molecule has 102 valence electrons. The molecule has 0 atom stereocenters. The maximum atomic E-state index is 12.0. The number of rotatable bonds is 2. The van der Waals surface area contributed by atoms with Gasteiger partial charge < -0.3 is 15.4 Å². The van der Waals surface area contributed by atoms with Crippen LogP contribution < -0.4 is 15.5 Å². The van der Waals surface area contributed by atoms with Gasteiger partial charge in [-0.3, -0.25) is 4.90 Å². The summed E-state index contributed by atoms with van der Waals surface area (Å²) in [6.07, 6.45) is 0.797. The van der Waals surface area contributed by atoms with Gasteiger partial charge in [-0.1, -0.05) is 0 Å². The van der Waals surface area contributed by atoms with Crippen LogP contribution >= 0.6 is 11.3 Å². The van der Waals surface area contributed by atoms with E-state index < -0.39 is 0 Å². The topological polar surface area (TPSA) is 70.7 Å². The van der Waals surface area contributed by atoms with Gasteiger partial charge in [0.15, 0.2) is 0 Å². The van der Waals surface area contributed by atoms with Gasteiger partial charge in [0, 0.05) is 24.5 Å². The SMILES string of the molecule is COC(=O)c1c(N2CCNC2=O)sc2c1CCNC2. The minimum absolute atomic E-state index is 0.142. The zero-order valence-corrected chi connectivity index (χ0v) is 11.4. The average molecular weight is 281 g/mol. The summed E-state index contributed by atoms with van der Waals surface area (Å²) in [5.41, 5.74) is 1.60. The van der Waals surface area contributed by atoms with Crippen molar-refractivity contribution in [3.05, 3.63) is 16.0 Å². The number of amides is 2. The molecular weight excluding hydrogens is 266 g/mol. The lowest BCUT2D eigenvalue weighted by atomic mass is 10.0. The summed E-state index contributed by atoms with van der Waals surface area (Å²) < 4.78 is 4.89. The highest BCUT2D eigenvalue weighted by Gasteiger charge is 2.32. The van der Waals surface area contributed by atoms with E-state index in [2.05, 4.69) is 10.6 Å². The third kappa shape index (κ3) is 1.98. The molecule has 0 spiro atoms. The minimum Gasteiger partial charge on any atom is -0.465 e. The Bertz CT molecular complexity index is 541. The first-order valence-corrected chi connectivity index (χ1v) is 7.03. The van der Waals surface area contributed by atoms with E-state index in [-0.39, 0.29) is 12.0 Å². The summed E-state index contributed by atoms with van der Waals surface area (Å²) in [4.78, 5) is 26.6. The molecule has 0 bridgehead atoms. The van der Waals surface area contributed by atoms with E-state index >= 15 is 0 Å². The van der Waals surface area contributed by atoms with Crippen molar-refractivity contribution in [2.45, 2.75) is 13.0 Å². The van der Waals surface area contributed by atoms with Gasteiger partial charge in [0.25, 0.3) is 0 Å². The first-order valence-electron chi connectivity index (χ1n) is 6.21. The van der Waals surface area contributed by atoms with Gasteiger partial charge in [0.05, 0.1) is 12.7 Å². The molecule has 0 aromatic carbocycles. The Balaban J connectivity index is 2.09. The monoisotopic (exact) mass is 281 g/mol. The lowest BCUT2D eigenvalue weighted by molar-refractivity contribution is 0.0600. The summed E-state index contributed by atoms with van der Waals surface area (Å²) in [7, 11) is 1.38. The summed E-state index contributed by atoms with van der Waals surface area (Å²) in [5, 5.41) is 6.76. The van der Waals surface area contributed by atoms with Crippen molar-refractivity contribution in [3.63, 3.8) is 0 Å². The molecule has 1 aromatic heterocycles. The first-order chi connectivity index (χ1) is 9.22. The highest BCUT2D eigenvalue weighted by Crippen LogP contribution is 2.38. The van der Waals surface area contributed by atoms with Crippen molar-refractivity contribution in [2.75, 3.05) is 31.6 Å². The van der Waals surface area contributed by atoms with E-state index in [0.717, 1.165) is 35.0 Å². The Morgan fingerprint density at radius 2 is 2.26 bits per heavy atom. The molecule has 0 unspecified atom stereocenters. The highest BCUT2D eigenvalue weighted by atomic mass is 32.1.